The monoisotopic (exact) mass is 341 g/mol. The molecule has 0 radical (unpaired) electrons. The number of aryl methyl sites for hydroxylation is 2. The van der Waals surface area contributed by atoms with Gasteiger partial charge in [-0.3, -0.25) is 0 Å². The quantitative estimate of drug-likeness (QED) is 0.326. The molecule has 0 unspecified atom stereocenters. The number of nitrogens with zero attached hydrogens (tertiary/aromatic N) is 1. The van der Waals surface area contributed by atoms with Crippen molar-refractivity contribution in [2.24, 2.45) is 0 Å². The van der Waals surface area contributed by atoms with Gasteiger partial charge in [-0.1, -0.05) is 68.1 Å². The molecule has 0 atom stereocenters. The van der Waals surface area contributed by atoms with Crippen LogP contribution in [0.1, 0.15) is 43.7 Å². The van der Waals surface area contributed by atoms with Gasteiger partial charge in [0.05, 0.1) is 11.0 Å². The van der Waals surface area contributed by atoms with Crippen molar-refractivity contribution in [3.05, 3.63) is 77.9 Å². The molecule has 0 spiro atoms. The summed E-state index contributed by atoms with van der Waals surface area (Å²) in [6, 6.07) is 24.6. The van der Waals surface area contributed by atoms with E-state index < -0.39 is 0 Å². The normalized spacial score (nSPS) is 11.5. The van der Waals surface area contributed by atoms with Crippen LogP contribution in [-0.4, -0.2) is 4.57 Å². The standard InChI is InChI=1S/C25H27N/c1-3-4-5-6-9-20-13-15-21(16-14-20)26-24-11-8-7-10-22(24)23-18-19(2)12-17-25(23)26/h7-8,10-18H,3-6,9H2,1-2H3. The largest absolute Gasteiger partial charge is 0.309 e. The van der Waals surface area contributed by atoms with Gasteiger partial charge in [0.2, 0.25) is 0 Å². The lowest BCUT2D eigenvalue weighted by atomic mass is 10.1. The molecule has 0 bridgehead atoms. The number of rotatable bonds is 6. The van der Waals surface area contributed by atoms with Crippen molar-refractivity contribution < 1.29 is 0 Å². The average Bonchev–Trinajstić information content (AvgIpc) is 3.00. The zero-order valence-corrected chi connectivity index (χ0v) is 15.8. The van der Waals surface area contributed by atoms with Crippen LogP contribution in [0, 0.1) is 6.92 Å². The van der Waals surface area contributed by atoms with Gasteiger partial charge >= 0.3 is 0 Å². The third kappa shape index (κ3) is 3.14. The first-order valence-corrected chi connectivity index (χ1v) is 9.87. The Morgan fingerprint density at radius 1 is 0.731 bits per heavy atom. The molecule has 0 N–H and O–H groups in total. The summed E-state index contributed by atoms with van der Waals surface area (Å²) in [5.41, 5.74) is 6.57. The van der Waals surface area contributed by atoms with Gasteiger partial charge in [-0.2, -0.15) is 0 Å². The van der Waals surface area contributed by atoms with Crippen molar-refractivity contribution in [1.29, 1.82) is 0 Å². The molecule has 1 nitrogen and oxygen atoms in total. The fourth-order valence-electron chi connectivity index (χ4n) is 3.93. The maximum absolute atomic E-state index is 2.39. The van der Waals surface area contributed by atoms with Gasteiger partial charge in [-0.15, -0.1) is 0 Å². The lowest BCUT2D eigenvalue weighted by Gasteiger charge is -2.09. The number of benzene rings is 3. The zero-order valence-electron chi connectivity index (χ0n) is 15.8. The third-order valence-corrected chi connectivity index (χ3v) is 5.34. The predicted octanol–water partition coefficient (Wildman–Crippen LogP) is 7.21. The van der Waals surface area contributed by atoms with Gasteiger partial charge in [-0.05, 0) is 55.7 Å². The minimum Gasteiger partial charge on any atom is -0.309 e. The Morgan fingerprint density at radius 2 is 1.50 bits per heavy atom. The van der Waals surface area contributed by atoms with E-state index in [4.69, 9.17) is 0 Å². The van der Waals surface area contributed by atoms with Crippen molar-refractivity contribution in [1.82, 2.24) is 4.57 Å². The first-order chi connectivity index (χ1) is 12.8. The Hall–Kier alpha value is -2.54. The van der Waals surface area contributed by atoms with Crippen LogP contribution >= 0.6 is 0 Å². The van der Waals surface area contributed by atoms with E-state index in [1.54, 1.807) is 0 Å². The van der Waals surface area contributed by atoms with Crippen molar-refractivity contribution in [3.63, 3.8) is 0 Å². The van der Waals surface area contributed by atoms with Gasteiger partial charge in [0.15, 0.2) is 0 Å². The van der Waals surface area contributed by atoms with Crippen LogP contribution in [0.3, 0.4) is 0 Å². The van der Waals surface area contributed by atoms with E-state index in [0.717, 1.165) is 0 Å². The van der Waals surface area contributed by atoms with Crippen LogP contribution in [-0.2, 0) is 6.42 Å². The van der Waals surface area contributed by atoms with Crippen LogP contribution in [0.5, 0.6) is 0 Å². The van der Waals surface area contributed by atoms with Crippen molar-refractivity contribution >= 4 is 21.8 Å². The highest BCUT2D eigenvalue weighted by Gasteiger charge is 2.11. The summed E-state index contributed by atoms with van der Waals surface area (Å²) < 4.78 is 2.39. The molecule has 0 saturated heterocycles. The summed E-state index contributed by atoms with van der Waals surface area (Å²) in [6.45, 7) is 4.43. The van der Waals surface area contributed by atoms with Gasteiger partial charge in [0.1, 0.15) is 0 Å². The van der Waals surface area contributed by atoms with Gasteiger partial charge in [-0.25, -0.2) is 0 Å². The Labute approximate surface area is 156 Å². The number of unbranched alkanes of at least 4 members (excludes halogenated alkanes) is 3. The molecule has 1 heterocycles. The molecule has 4 aromatic rings. The number of hydrogen-bond donors (Lipinski definition) is 0. The highest BCUT2D eigenvalue weighted by atomic mass is 15.0. The minimum absolute atomic E-state index is 1.19. The second-order valence-corrected chi connectivity index (χ2v) is 7.35. The molecule has 0 aliphatic heterocycles. The van der Waals surface area contributed by atoms with Crippen LogP contribution in [0.25, 0.3) is 27.5 Å². The van der Waals surface area contributed by atoms with Gasteiger partial charge < -0.3 is 4.57 Å². The van der Waals surface area contributed by atoms with Crippen molar-refractivity contribution in [3.8, 4) is 5.69 Å². The molecule has 0 amide bonds. The number of hydrogen-bond acceptors (Lipinski definition) is 0. The van der Waals surface area contributed by atoms with Crippen molar-refractivity contribution in [2.45, 2.75) is 46.0 Å². The Morgan fingerprint density at radius 3 is 2.31 bits per heavy atom. The van der Waals surface area contributed by atoms with E-state index in [2.05, 4.69) is 85.1 Å². The zero-order chi connectivity index (χ0) is 17.9. The summed E-state index contributed by atoms with van der Waals surface area (Å²) in [4.78, 5) is 0. The maximum Gasteiger partial charge on any atom is 0.0541 e. The number of aromatic nitrogens is 1. The van der Waals surface area contributed by atoms with E-state index in [-0.39, 0.29) is 0 Å². The van der Waals surface area contributed by atoms with E-state index >= 15 is 0 Å². The fraction of sp³-hybridized carbons (Fsp3) is 0.280. The lowest BCUT2D eigenvalue weighted by Crippen LogP contribution is -1.94. The van der Waals surface area contributed by atoms with E-state index in [1.807, 2.05) is 0 Å². The van der Waals surface area contributed by atoms with E-state index in [0.29, 0.717) is 0 Å². The second-order valence-electron chi connectivity index (χ2n) is 7.35. The van der Waals surface area contributed by atoms with Crippen LogP contribution in [0.4, 0.5) is 0 Å². The molecule has 0 saturated carbocycles. The fourth-order valence-corrected chi connectivity index (χ4v) is 3.93. The lowest BCUT2D eigenvalue weighted by molar-refractivity contribution is 0.667. The third-order valence-electron chi connectivity index (χ3n) is 5.34. The molecule has 3 aromatic carbocycles. The summed E-state index contributed by atoms with van der Waals surface area (Å²) in [5, 5.41) is 2.67. The molecular weight excluding hydrogens is 314 g/mol. The smallest absolute Gasteiger partial charge is 0.0541 e. The second kappa shape index (κ2) is 7.37. The molecule has 26 heavy (non-hydrogen) atoms. The van der Waals surface area contributed by atoms with E-state index in [1.165, 1.54) is 70.7 Å². The summed E-state index contributed by atoms with van der Waals surface area (Å²) in [7, 11) is 0. The molecule has 0 aliphatic carbocycles. The molecular formula is C25H27N. The molecule has 1 heteroatoms. The SMILES string of the molecule is CCCCCCc1ccc(-n2c3ccccc3c3cc(C)ccc32)cc1. The predicted molar refractivity (Wildman–Crippen MR) is 113 cm³/mol. The topological polar surface area (TPSA) is 4.93 Å². The molecule has 1 aromatic heterocycles. The van der Waals surface area contributed by atoms with E-state index in [9.17, 15) is 0 Å². The van der Waals surface area contributed by atoms with Gasteiger partial charge in [0, 0.05) is 16.5 Å². The van der Waals surface area contributed by atoms with Crippen LogP contribution in [0.2, 0.25) is 0 Å². The minimum atomic E-state index is 1.19. The molecule has 0 fully saturated rings. The first kappa shape index (κ1) is 16.9. The Balaban J connectivity index is 1.74. The summed E-state index contributed by atoms with van der Waals surface area (Å²) in [6.07, 6.45) is 6.46. The van der Waals surface area contributed by atoms with Crippen LogP contribution in [0.15, 0.2) is 66.7 Å². The number of fused-ring (bicyclic) bond motifs is 3. The molecule has 0 aliphatic rings. The summed E-state index contributed by atoms with van der Waals surface area (Å²) in [5.74, 6) is 0. The van der Waals surface area contributed by atoms with Crippen molar-refractivity contribution in [2.75, 3.05) is 0 Å². The Kier molecular flexibility index (Phi) is 4.79. The Bertz CT molecular complexity index is 1020. The number of para-hydroxylation sites is 1. The summed E-state index contributed by atoms with van der Waals surface area (Å²) >= 11 is 0. The molecule has 4 rings (SSSR count). The molecule has 132 valence electrons. The highest BCUT2D eigenvalue weighted by molar-refractivity contribution is 6.09. The first-order valence-electron chi connectivity index (χ1n) is 9.87. The maximum atomic E-state index is 2.39. The van der Waals surface area contributed by atoms with Gasteiger partial charge in [0.25, 0.3) is 0 Å². The highest BCUT2D eigenvalue weighted by Crippen LogP contribution is 2.32. The van der Waals surface area contributed by atoms with Crippen LogP contribution < -0.4 is 0 Å². The average molecular weight is 341 g/mol.